The van der Waals surface area contributed by atoms with Gasteiger partial charge in [-0.05, 0) is 26.7 Å². The molecule has 0 radical (unpaired) electrons. The van der Waals surface area contributed by atoms with E-state index in [1.807, 2.05) is 0 Å². The Morgan fingerprint density at radius 3 is 2.09 bits per heavy atom. The van der Waals surface area contributed by atoms with Gasteiger partial charge in [0.15, 0.2) is 0 Å². The molecule has 22 heavy (non-hydrogen) atoms. The van der Waals surface area contributed by atoms with E-state index in [4.69, 9.17) is 9.84 Å². The number of carbonyl (C=O) groups is 4. The van der Waals surface area contributed by atoms with Gasteiger partial charge < -0.3 is 20.0 Å². The van der Waals surface area contributed by atoms with Crippen LogP contribution in [0.3, 0.4) is 0 Å². The Balaban J connectivity index is 4.80. The fraction of sp³-hybridized carbons (Fsp3) is 0.733. The maximum atomic E-state index is 12.2. The van der Waals surface area contributed by atoms with Gasteiger partial charge in [0.2, 0.25) is 5.91 Å². The lowest BCUT2D eigenvalue weighted by molar-refractivity contribution is -0.158. The van der Waals surface area contributed by atoms with E-state index in [2.05, 4.69) is 5.32 Å². The van der Waals surface area contributed by atoms with Crippen LogP contribution in [0.1, 0.15) is 47.5 Å². The minimum Gasteiger partial charge on any atom is -0.481 e. The summed E-state index contributed by atoms with van der Waals surface area (Å²) in [6.07, 6.45) is -0.247. The van der Waals surface area contributed by atoms with Crippen molar-refractivity contribution >= 4 is 24.1 Å². The Morgan fingerprint density at radius 2 is 1.73 bits per heavy atom. The molecule has 0 saturated carbocycles. The summed E-state index contributed by atoms with van der Waals surface area (Å²) in [5.41, 5.74) is -0.649. The van der Waals surface area contributed by atoms with Crippen LogP contribution in [0.15, 0.2) is 0 Å². The summed E-state index contributed by atoms with van der Waals surface area (Å²) in [5, 5.41) is 11.0. The molecule has 0 aromatic carbocycles. The predicted molar refractivity (Wildman–Crippen MR) is 79.0 cm³/mol. The van der Waals surface area contributed by atoms with E-state index < -0.39 is 41.8 Å². The summed E-state index contributed by atoms with van der Waals surface area (Å²) in [7, 11) is 0. The number of hydrogen-bond donors (Lipinski definition) is 2. The average molecular weight is 315 g/mol. The number of esters is 1. The third-order valence-corrected chi connectivity index (χ3v) is 2.83. The molecule has 0 saturated heterocycles. The summed E-state index contributed by atoms with van der Waals surface area (Å²) in [5.74, 6) is -3.08. The summed E-state index contributed by atoms with van der Waals surface area (Å²) in [6, 6.07) is -1.11. The number of ether oxygens (including phenoxy) is 1. The molecule has 0 aliphatic heterocycles. The summed E-state index contributed by atoms with van der Waals surface area (Å²) in [6.45, 7) is 8.71. The fourth-order valence-corrected chi connectivity index (χ4v) is 1.80. The number of hydrogen-bond acceptors (Lipinski definition) is 5. The highest BCUT2D eigenvalue weighted by Gasteiger charge is 2.29. The second kappa shape index (κ2) is 8.51. The number of amides is 1. The fourth-order valence-electron chi connectivity index (χ4n) is 1.80. The maximum absolute atomic E-state index is 12.2. The molecule has 0 aliphatic carbocycles. The topological polar surface area (TPSA) is 110 Å². The monoisotopic (exact) mass is 315 g/mol. The van der Waals surface area contributed by atoms with Crippen LogP contribution in [0.5, 0.6) is 0 Å². The molecule has 0 rings (SSSR count). The average Bonchev–Trinajstić information content (AvgIpc) is 2.31. The second-order valence-electron chi connectivity index (χ2n) is 6.49. The van der Waals surface area contributed by atoms with Crippen LogP contribution >= 0.6 is 0 Å². The van der Waals surface area contributed by atoms with Crippen LogP contribution in [0.2, 0.25) is 0 Å². The standard InChI is InChI=1S/C15H25NO6/c1-9(2)11(7-13(20)22-15(3,4)5)14(21)16-10(8-17)6-12(18)19/h8-11H,6-7H2,1-5H3,(H,16,21)(H,18,19). The summed E-state index contributed by atoms with van der Waals surface area (Å²) in [4.78, 5) is 45.4. The third kappa shape index (κ3) is 8.39. The van der Waals surface area contributed by atoms with Crippen molar-refractivity contribution in [3.05, 3.63) is 0 Å². The Kier molecular flexibility index (Phi) is 7.76. The molecular formula is C15H25NO6. The first-order chi connectivity index (χ1) is 9.96. The molecule has 0 heterocycles. The van der Waals surface area contributed by atoms with E-state index in [1.165, 1.54) is 0 Å². The quantitative estimate of drug-likeness (QED) is 0.513. The molecule has 126 valence electrons. The van der Waals surface area contributed by atoms with Gasteiger partial charge in [0, 0.05) is 0 Å². The van der Waals surface area contributed by atoms with Crippen LogP contribution in [-0.2, 0) is 23.9 Å². The van der Waals surface area contributed by atoms with Crippen LogP contribution in [0, 0.1) is 11.8 Å². The number of carbonyl (C=O) groups excluding carboxylic acids is 3. The lowest BCUT2D eigenvalue weighted by Crippen LogP contribution is -2.43. The van der Waals surface area contributed by atoms with E-state index in [-0.39, 0.29) is 12.3 Å². The van der Waals surface area contributed by atoms with Crippen molar-refractivity contribution in [2.75, 3.05) is 0 Å². The van der Waals surface area contributed by atoms with Gasteiger partial charge in [-0.2, -0.15) is 0 Å². The van der Waals surface area contributed by atoms with Crippen molar-refractivity contribution in [1.29, 1.82) is 0 Å². The minimum absolute atomic E-state index is 0.126. The highest BCUT2D eigenvalue weighted by Crippen LogP contribution is 2.19. The normalized spacial score (nSPS) is 14.1. The number of rotatable bonds is 8. The van der Waals surface area contributed by atoms with Crippen molar-refractivity contribution in [1.82, 2.24) is 5.32 Å². The zero-order chi connectivity index (χ0) is 17.5. The molecule has 2 N–H and O–H groups in total. The van der Waals surface area contributed by atoms with Crippen LogP contribution in [-0.4, -0.2) is 40.9 Å². The van der Waals surface area contributed by atoms with Crippen molar-refractivity contribution in [2.24, 2.45) is 11.8 Å². The van der Waals surface area contributed by atoms with Crippen molar-refractivity contribution in [3.8, 4) is 0 Å². The Labute approximate surface area is 130 Å². The molecule has 0 aliphatic rings. The highest BCUT2D eigenvalue weighted by atomic mass is 16.6. The molecular weight excluding hydrogens is 290 g/mol. The first-order valence-electron chi connectivity index (χ1n) is 7.15. The molecule has 0 fully saturated rings. The zero-order valence-corrected chi connectivity index (χ0v) is 13.7. The molecule has 7 heteroatoms. The van der Waals surface area contributed by atoms with Gasteiger partial charge in [-0.15, -0.1) is 0 Å². The lowest BCUT2D eigenvalue weighted by Gasteiger charge is -2.24. The van der Waals surface area contributed by atoms with Gasteiger partial charge in [-0.1, -0.05) is 13.8 Å². The molecule has 7 nitrogen and oxygen atoms in total. The van der Waals surface area contributed by atoms with E-state index in [9.17, 15) is 19.2 Å². The van der Waals surface area contributed by atoms with E-state index in [0.29, 0.717) is 6.29 Å². The second-order valence-corrected chi connectivity index (χ2v) is 6.49. The molecule has 0 spiro atoms. The third-order valence-electron chi connectivity index (χ3n) is 2.83. The van der Waals surface area contributed by atoms with E-state index >= 15 is 0 Å². The number of aldehydes is 1. The van der Waals surface area contributed by atoms with Crippen molar-refractivity contribution < 1.29 is 29.0 Å². The summed E-state index contributed by atoms with van der Waals surface area (Å²) < 4.78 is 5.18. The minimum atomic E-state index is -1.19. The molecule has 2 unspecified atom stereocenters. The van der Waals surface area contributed by atoms with Gasteiger partial charge in [0.1, 0.15) is 11.9 Å². The Morgan fingerprint density at radius 1 is 1.18 bits per heavy atom. The first-order valence-corrected chi connectivity index (χ1v) is 7.15. The maximum Gasteiger partial charge on any atom is 0.307 e. The van der Waals surface area contributed by atoms with Gasteiger partial charge in [0.25, 0.3) is 0 Å². The van der Waals surface area contributed by atoms with Crippen LogP contribution in [0.25, 0.3) is 0 Å². The highest BCUT2D eigenvalue weighted by molar-refractivity contribution is 5.87. The Bertz CT molecular complexity index is 424. The summed E-state index contributed by atoms with van der Waals surface area (Å²) >= 11 is 0. The van der Waals surface area contributed by atoms with Gasteiger partial charge in [-0.25, -0.2) is 0 Å². The van der Waals surface area contributed by atoms with E-state index in [0.717, 1.165) is 0 Å². The lowest BCUT2D eigenvalue weighted by atomic mass is 9.91. The zero-order valence-electron chi connectivity index (χ0n) is 13.7. The van der Waals surface area contributed by atoms with E-state index in [1.54, 1.807) is 34.6 Å². The van der Waals surface area contributed by atoms with Gasteiger partial charge in [0.05, 0.1) is 24.8 Å². The SMILES string of the molecule is CC(C)C(CC(=O)OC(C)(C)C)C(=O)NC(C=O)CC(=O)O. The van der Waals surface area contributed by atoms with Crippen LogP contribution < -0.4 is 5.32 Å². The van der Waals surface area contributed by atoms with Crippen molar-refractivity contribution in [3.63, 3.8) is 0 Å². The predicted octanol–water partition coefficient (Wildman–Crippen LogP) is 1.15. The first kappa shape index (κ1) is 20.1. The number of nitrogens with one attached hydrogen (secondary N) is 1. The van der Waals surface area contributed by atoms with Crippen molar-refractivity contribution in [2.45, 2.75) is 59.1 Å². The molecule has 0 aromatic heterocycles. The molecule has 0 aromatic rings. The number of carboxylic acids is 1. The van der Waals surface area contributed by atoms with Gasteiger partial charge in [-0.3, -0.25) is 14.4 Å². The number of carboxylic acid groups (broad SMARTS) is 1. The van der Waals surface area contributed by atoms with Crippen LogP contribution in [0.4, 0.5) is 0 Å². The van der Waals surface area contributed by atoms with Gasteiger partial charge >= 0.3 is 11.9 Å². The largest absolute Gasteiger partial charge is 0.481 e. The molecule has 0 bridgehead atoms. The smallest absolute Gasteiger partial charge is 0.307 e. The Hall–Kier alpha value is -1.92. The molecule has 2 atom stereocenters. The molecule has 1 amide bonds. The number of aliphatic carboxylic acids is 1.